The van der Waals surface area contributed by atoms with Gasteiger partial charge in [0.25, 0.3) is 0 Å². The lowest BCUT2D eigenvalue weighted by atomic mass is 9.65. The average Bonchev–Trinajstić information content (AvgIpc) is 2.69. The second kappa shape index (κ2) is 9.99. The van der Waals surface area contributed by atoms with Crippen molar-refractivity contribution in [2.24, 2.45) is 35.5 Å². The molecule has 3 aliphatic rings. The maximum atomic E-state index is 9.10. The van der Waals surface area contributed by atoms with Crippen LogP contribution in [-0.2, 0) is 0 Å². The van der Waals surface area contributed by atoms with Crippen LogP contribution in [0.1, 0.15) is 110 Å². The smallest absolute Gasteiger partial charge is 0.0655 e. The number of unbranched alkanes of at least 4 members (excludes halogenated alkanes) is 2. The summed E-state index contributed by atoms with van der Waals surface area (Å²) in [6.07, 6.45) is 23.1. The van der Waals surface area contributed by atoms with Crippen molar-refractivity contribution in [3.8, 4) is 6.07 Å². The molecule has 0 aromatic rings. The lowest BCUT2D eigenvalue weighted by molar-refractivity contribution is 0.107. The summed E-state index contributed by atoms with van der Waals surface area (Å²) in [5, 5.41) is 9.10. The third-order valence-corrected chi connectivity index (χ3v) is 8.21. The van der Waals surface area contributed by atoms with Gasteiger partial charge < -0.3 is 0 Å². The molecule has 1 heteroatoms. The summed E-state index contributed by atoms with van der Waals surface area (Å²) in [6.45, 7) is 2.32. The Morgan fingerprint density at radius 2 is 1.08 bits per heavy atom. The van der Waals surface area contributed by atoms with Gasteiger partial charge in [-0.15, -0.1) is 0 Å². The first-order chi connectivity index (χ1) is 12.3. The van der Waals surface area contributed by atoms with Crippen LogP contribution in [0.3, 0.4) is 0 Å². The quantitative estimate of drug-likeness (QED) is 0.458. The Morgan fingerprint density at radius 3 is 1.52 bits per heavy atom. The van der Waals surface area contributed by atoms with Crippen molar-refractivity contribution in [2.75, 3.05) is 0 Å². The standard InChI is InChI=1S/C24H41N/c1-2-3-4-5-19-6-10-21(11-7-19)23-14-16-24(17-15-23)22-12-8-20(18-25)9-13-22/h19-24H,2-17H2,1H3/t19-,20-,21-,22-,23-,24-. The van der Waals surface area contributed by atoms with Crippen LogP contribution in [0.25, 0.3) is 0 Å². The van der Waals surface area contributed by atoms with E-state index in [1.807, 2.05) is 0 Å². The fraction of sp³-hybridized carbons (Fsp3) is 0.958. The molecule has 0 spiro atoms. The van der Waals surface area contributed by atoms with E-state index in [4.69, 9.17) is 5.26 Å². The normalized spacial score (nSPS) is 39.7. The van der Waals surface area contributed by atoms with Crippen LogP contribution in [0.2, 0.25) is 0 Å². The third-order valence-electron chi connectivity index (χ3n) is 8.21. The lowest BCUT2D eigenvalue weighted by Crippen LogP contribution is -2.29. The van der Waals surface area contributed by atoms with Crippen LogP contribution in [-0.4, -0.2) is 0 Å². The monoisotopic (exact) mass is 343 g/mol. The minimum atomic E-state index is 0.375. The Morgan fingerprint density at radius 1 is 0.640 bits per heavy atom. The fourth-order valence-electron chi connectivity index (χ4n) is 6.44. The van der Waals surface area contributed by atoms with E-state index >= 15 is 0 Å². The van der Waals surface area contributed by atoms with Crippen molar-refractivity contribution >= 4 is 0 Å². The first-order valence-corrected chi connectivity index (χ1v) is 11.7. The molecule has 0 amide bonds. The predicted octanol–water partition coefficient (Wildman–Crippen LogP) is 7.51. The maximum Gasteiger partial charge on any atom is 0.0655 e. The van der Waals surface area contributed by atoms with E-state index in [1.165, 1.54) is 89.9 Å². The van der Waals surface area contributed by atoms with Gasteiger partial charge in [0.2, 0.25) is 0 Å². The zero-order valence-electron chi connectivity index (χ0n) is 16.7. The topological polar surface area (TPSA) is 23.8 Å². The third kappa shape index (κ3) is 5.48. The highest BCUT2D eigenvalue weighted by Gasteiger charge is 2.34. The molecule has 1 nitrogen and oxygen atoms in total. The molecule has 0 heterocycles. The van der Waals surface area contributed by atoms with Crippen molar-refractivity contribution in [1.29, 1.82) is 5.26 Å². The highest BCUT2D eigenvalue weighted by molar-refractivity contribution is 4.90. The van der Waals surface area contributed by atoms with Gasteiger partial charge in [0, 0.05) is 5.92 Å². The van der Waals surface area contributed by atoms with Gasteiger partial charge >= 0.3 is 0 Å². The number of hydrogen-bond acceptors (Lipinski definition) is 1. The highest BCUT2D eigenvalue weighted by atomic mass is 14.4. The summed E-state index contributed by atoms with van der Waals surface area (Å²) in [5.41, 5.74) is 0. The van der Waals surface area contributed by atoms with Crippen molar-refractivity contribution < 1.29 is 0 Å². The number of nitriles is 1. The molecule has 3 fully saturated rings. The second-order valence-corrected chi connectivity index (χ2v) is 9.69. The molecular weight excluding hydrogens is 302 g/mol. The molecule has 142 valence electrons. The number of rotatable bonds is 6. The zero-order valence-corrected chi connectivity index (χ0v) is 16.7. The molecule has 0 atom stereocenters. The summed E-state index contributed by atoms with van der Waals surface area (Å²) >= 11 is 0. The van der Waals surface area contributed by atoms with Crippen molar-refractivity contribution in [3.63, 3.8) is 0 Å². The Kier molecular flexibility index (Phi) is 7.69. The van der Waals surface area contributed by atoms with Crippen LogP contribution < -0.4 is 0 Å². The van der Waals surface area contributed by atoms with Gasteiger partial charge in [-0.25, -0.2) is 0 Å². The van der Waals surface area contributed by atoms with Gasteiger partial charge in [0.05, 0.1) is 6.07 Å². The summed E-state index contributed by atoms with van der Waals surface area (Å²) in [4.78, 5) is 0. The molecule has 3 aliphatic carbocycles. The molecule has 0 saturated heterocycles. The van der Waals surface area contributed by atoms with Gasteiger partial charge in [-0.3, -0.25) is 0 Å². The van der Waals surface area contributed by atoms with E-state index in [-0.39, 0.29) is 0 Å². The highest BCUT2D eigenvalue weighted by Crippen LogP contribution is 2.46. The van der Waals surface area contributed by atoms with Gasteiger partial charge in [0.15, 0.2) is 0 Å². The summed E-state index contributed by atoms with van der Waals surface area (Å²) in [6, 6.07) is 2.50. The summed E-state index contributed by atoms with van der Waals surface area (Å²) < 4.78 is 0. The average molecular weight is 344 g/mol. The molecule has 0 aromatic heterocycles. The molecule has 3 rings (SSSR count). The molecule has 0 aromatic carbocycles. The minimum absolute atomic E-state index is 0.375. The van der Waals surface area contributed by atoms with Crippen molar-refractivity contribution in [3.05, 3.63) is 0 Å². The Hall–Kier alpha value is -0.510. The Bertz CT molecular complexity index is 398. The second-order valence-electron chi connectivity index (χ2n) is 9.69. The first kappa shape index (κ1) is 19.3. The first-order valence-electron chi connectivity index (χ1n) is 11.7. The zero-order chi connectivity index (χ0) is 17.5. The summed E-state index contributed by atoms with van der Waals surface area (Å²) in [7, 11) is 0. The van der Waals surface area contributed by atoms with Crippen LogP contribution in [0.4, 0.5) is 0 Å². The van der Waals surface area contributed by atoms with Crippen molar-refractivity contribution in [1.82, 2.24) is 0 Å². The number of nitrogens with zero attached hydrogens (tertiary/aromatic N) is 1. The lowest BCUT2D eigenvalue weighted by Gasteiger charge is -2.41. The van der Waals surface area contributed by atoms with Gasteiger partial charge in [0.1, 0.15) is 0 Å². The van der Waals surface area contributed by atoms with Gasteiger partial charge in [-0.1, -0.05) is 45.4 Å². The molecule has 0 bridgehead atoms. The molecular formula is C24H41N. The van der Waals surface area contributed by atoms with E-state index in [1.54, 1.807) is 12.8 Å². The van der Waals surface area contributed by atoms with Crippen LogP contribution in [0.5, 0.6) is 0 Å². The van der Waals surface area contributed by atoms with Crippen LogP contribution in [0.15, 0.2) is 0 Å². The SMILES string of the molecule is CCCCC[C@H]1CC[C@H]([C@H]2CC[C@H]([C@H]3CC[C@H](C#N)CC3)CC2)CC1. The van der Waals surface area contributed by atoms with E-state index in [0.29, 0.717) is 5.92 Å². The van der Waals surface area contributed by atoms with E-state index in [2.05, 4.69) is 13.0 Å². The molecule has 0 aliphatic heterocycles. The van der Waals surface area contributed by atoms with Gasteiger partial charge in [-0.2, -0.15) is 5.26 Å². The van der Waals surface area contributed by atoms with Crippen molar-refractivity contribution in [2.45, 2.75) is 110 Å². The van der Waals surface area contributed by atoms with E-state index in [9.17, 15) is 0 Å². The van der Waals surface area contributed by atoms with Crippen LogP contribution >= 0.6 is 0 Å². The molecule has 3 saturated carbocycles. The fourth-order valence-corrected chi connectivity index (χ4v) is 6.44. The number of hydrogen-bond donors (Lipinski definition) is 0. The maximum absolute atomic E-state index is 9.10. The van der Waals surface area contributed by atoms with E-state index in [0.717, 1.165) is 29.6 Å². The molecule has 0 unspecified atom stereocenters. The predicted molar refractivity (Wildman–Crippen MR) is 106 cm³/mol. The molecule has 0 radical (unpaired) electrons. The largest absolute Gasteiger partial charge is 0.198 e. The van der Waals surface area contributed by atoms with Gasteiger partial charge in [-0.05, 0) is 93.8 Å². The van der Waals surface area contributed by atoms with Crippen LogP contribution in [0, 0.1) is 46.8 Å². The Labute approximate surface area is 157 Å². The minimum Gasteiger partial charge on any atom is -0.198 e. The summed E-state index contributed by atoms with van der Waals surface area (Å²) in [5.74, 6) is 5.52. The Balaban J connectivity index is 1.34. The molecule has 0 N–H and O–H groups in total. The van der Waals surface area contributed by atoms with E-state index < -0.39 is 0 Å². The molecule has 25 heavy (non-hydrogen) atoms.